The SMILES string of the molecule is CCN(Cc1cccs1)C(=O)NCc1nc(C)cs1. The van der Waals surface area contributed by atoms with Crippen molar-refractivity contribution < 1.29 is 4.79 Å². The van der Waals surface area contributed by atoms with Crippen LogP contribution in [0, 0.1) is 6.92 Å². The first kappa shape index (κ1) is 14.0. The van der Waals surface area contributed by atoms with E-state index in [1.807, 2.05) is 36.7 Å². The van der Waals surface area contributed by atoms with Gasteiger partial charge in [0.05, 0.1) is 13.1 Å². The number of amides is 2. The van der Waals surface area contributed by atoms with Gasteiger partial charge < -0.3 is 10.2 Å². The van der Waals surface area contributed by atoms with Crippen molar-refractivity contribution in [3.05, 3.63) is 38.5 Å². The van der Waals surface area contributed by atoms with E-state index in [0.29, 0.717) is 19.6 Å². The number of hydrogen-bond acceptors (Lipinski definition) is 4. The molecule has 0 spiro atoms. The van der Waals surface area contributed by atoms with Crippen molar-refractivity contribution in [3.8, 4) is 0 Å². The predicted molar refractivity (Wildman–Crippen MR) is 79.5 cm³/mol. The lowest BCUT2D eigenvalue weighted by Gasteiger charge is -2.20. The summed E-state index contributed by atoms with van der Waals surface area (Å²) in [6.45, 7) is 5.80. The summed E-state index contributed by atoms with van der Waals surface area (Å²) in [4.78, 5) is 19.4. The quantitative estimate of drug-likeness (QED) is 0.920. The minimum atomic E-state index is -0.0382. The second-order valence-corrected chi connectivity index (χ2v) is 6.11. The Morgan fingerprint density at radius 3 is 2.89 bits per heavy atom. The molecule has 0 aliphatic heterocycles. The van der Waals surface area contributed by atoms with Crippen LogP contribution in [-0.4, -0.2) is 22.5 Å². The Morgan fingerprint density at radius 2 is 2.32 bits per heavy atom. The number of nitrogens with one attached hydrogen (secondary N) is 1. The van der Waals surface area contributed by atoms with Crippen LogP contribution in [0.1, 0.15) is 22.5 Å². The van der Waals surface area contributed by atoms with Gasteiger partial charge in [0.25, 0.3) is 0 Å². The molecule has 6 heteroatoms. The zero-order chi connectivity index (χ0) is 13.7. The fourth-order valence-corrected chi connectivity index (χ4v) is 3.10. The molecule has 0 atom stereocenters. The first-order chi connectivity index (χ1) is 9.19. The number of rotatable bonds is 5. The highest BCUT2D eigenvalue weighted by molar-refractivity contribution is 7.10. The Balaban J connectivity index is 1.86. The lowest BCUT2D eigenvalue weighted by atomic mass is 10.4. The van der Waals surface area contributed by atoms with Gasteiger partial charge in [0.2, 0.25) is 0 Å². The molecule has 0 fully saturated rings. The van der Waals surface area contributed by atoms with E-state index in [9.17, 15) is 4.79 Å². The summed E-state index contributed by atoms with van der Waals surface area (Å²) < 4.78 is 0. The maximum absolute atomic E-state index is 12.1. The Kier molecular flexibility index (Phi) is 4.93. The zero-order valence-corrected chi connectivity index (χ0v) is 12.7. The molecule has 0 aliphatic rings. The number of thiazole rings is 1. The summed E-state index contributed by atoms with van der Waals surface area (Å²) >= 11 is 3.24. The van der Waals surface area contributed by atoms with Crippen LogP contribution in [0.4, 0.5) is 4.79 Å². The van der Waals surface area contributed by atoms with Crippen molar-refractivity contribution in [2.45, 2.75) is 26.9 Å². The van der Waals surface area contributed by atoms with Crippen molar-refractivity contribution in [1.29, 1.82) is 0 Å². The van der Waals surface area contributed by atoms with Crippen molar-refractivity contribution in [1.82, 2.24) is 15.2 Å². The van der Waals surface area contributed by atoms with Crippen LogP contribution in [-0.2, 0) is 13.1 Å². The van der Waals surface area contributed by atoms with Gasteiger partial charge >= 0.3 is 6.03 Å². The van der Waals surface area contributed by atoms with E-state index >= 15 is 0 Å². The number of hydrogen-bond donors (Lipinski definition) is 1. The molecule has 2 heterocycles. The maximum Gasteiger partial charge on any atom is 0.318 e. The van der Waals surface area contributed by atoms with Gasteiger partial charge in [-0.2, -0.15) is 0 Å². The van der Waals surface area contributed by atoms with Gasteiger partial charge in [-0.3, -0.25) is 0 Å². The highest BCUT2D eigenvalue weighted by Gasteiger charge is 2.12. The van der Waals surface area contributed by atoms with Crippen LogP contribution in [0.25, 0.3) is 0 Å². The van der Waals surface area contributed by atoms with E-state index in [4.69, 9.17) is 0 Å². The predicted octanol–water partition coefficient (Wildman–Crippen LogP) is 3.24. The smallest absolute Gasteiger partial charge is 0.318 e. The monoisotopic (exact) mass is 295 g/mol. The summed E-state index contributed by atoms with van der Waals surface area (Å²) in [5.74, 6) is 0. The molecule has 19 heavy (non-hydrogen) atoms. The molecule has 2 rings (SSSR count). The largest absolute Gasteiger partial charge is 0.331 e. The Morgan fingerprint density at radius 1 is 1.47 bits per heavy atom. The van der Waals surface area contributed by atoms with Crippen LogP contribution in [0.2, 0.25) is 0 Å². The average molecular weight is 295 g/mol. The second-order valence-electron chi connectivity index (χ2n) is 4.13. The maximum atomic E-state index is 12.1. The molecule has 0 radical (unpaired) electrons. The number of aryl methyl sites for hydroxylation is 1. The summed E-state index contributed by atoms with van der Waals surface area (Å²) in [7, 11) is 0. The number of urea groups is 1. The third-order valence-corrected chi connectivity index (χ3v) is 4.48. The van der Waals surface area contributed by atoms with Gasteiger partial charge in [-0.05, 0) is 25.3 Å². The van der Waals surface area contributed by atoms with E-state index < -0.39 is 0 Å². The Labute approximate surface area is 121 Å². The summed E-state index contributed by atoms with van der Waals surface area (Å²) in [6, 6.07) is 4.01. The average Bonchev–Trinajstić information content (AvgIpc) is 3.04. The zero-order valence-electron chi connectivity index (χ0n) is 11.0. The number of aromatic nitrogens is 1. The first-order valence-electron chi connectivity index (χ1n) is 6.15. The first-order valence-corrected chi connectivity index (χ1v) is 7.91. The molecule has 2 aromatic heterocycles. The number of nitrogens with zero attached hydrogens (tertiary/aromatic N) is 2. The fraction of sp³-hybridized carbons (Fsp3) is 0.385. The van der Waals surface area contributed by atoms with Gasteiger partial charge in [-0.1, -0.05) is 6.07 Å². The standard InChI is InChI=1S/C13H17N3OS2/c1-3-16(8-11-5-4-6-18-11)13(17)14-7-12-15-10(2)9-19-12/h4-6,9H,3,7-8H2,1-2H3,(H,14,17). The summed E-state index contributed by atoms with van der Waals surface area (Å²) in [6.07, 6.45) is 0. The molecule has 4 nitrogen and oxygen atoms in total. The third-order valence-electron chi connectivity index (χ3n) is 2.65. The van der Waals surface area contributed by atoms with Crippen molar-refractivity contribution in [3.63, 3.8) is 0 Å². The molecule has 0 aliphatic carbocycles. The molecule has 2 aromatic rings. The molecule has 102 valence electrons. The lowest BCUT2D eigenvalue weighted by Crippen LogP contribution is -2.38. The number of thiophene rings is 1. The normalized spacial score (nSPS) is 10.4. The second kappa shape index (κ2) is 6.68. The molecule has 1 N–H and O–H groups in total. The molecule has 2 amide bonds. The van der Waals surface area contributed by atoms with Crippen LogP contribution in [0.15, 0.2) is 22.9 Å². The van der Waals surface area contributed by atoms with E-state index in [-0.39, 0.29) is 6.03 Å². The molecular weight excluding hydrogens is 278 g/mol. The van der Waals surface area contributed by atoms with Gasteiger partial charge in [-0.15, -0.1) is 22.7 Å². The highest BCUT2D eigenvalue weighted by atomic mass is 32.1. The van der Waals surface area contributed by atoms with Crippen LogP contribution in [0.5, 0.6) is 0 Å². The number of carbonyl (C=O) groups is 1. The summed E-state index contributed by atoms with van der Waals surface area (Å²) in [5.41, 5.74) is 1.00. The number of carbonyl (C=O) groups excluding carboxylic acids is 1. The van der Waals surface area contributed by atoms with Crippen LogP contribution >= 0.6 is 22.7 Å². The minimum Gasteiger partial charge on any atom is -0.331 e. The minimum absolute atomic E-state index is 0.0382. The van der Waals surface area contributed by atoms with Gasteiger partial charge in [0, 0.05) is 22.5 Å². The Bertz CT molecular complexity index is 522. The molecule has 0 bridgehead atoms. The van der Waals surface area contributed by atoms with Crippen molar-refractivity contribution in [2.75, 3.05) is 6.54 Å². The van der Waals surface area contributed by atoms with E-state index in [2.05, 4.69) is 10.3 Å². The van der Waals surface area contributed by atoms with E-state index in [1.54, 1.807) is 27.6 Å². The lowest BCUT2D eigenvalue weighted by molar-refractivity contribution is 0.198. The van der Waals surface area contributed by atoms with Gasteiger partial charge in [0.1, 0.15) is 5.01 Å². The van der Waals surface area contributed by atoms with Crippen LogP contribution < -0.4 is 5.32 Å². The van der Waals surface area contributed by atoms with E-state index in [1.165, 1.54) is 4.88 Å². The molecule has 0 saturated heterocycles. The molecule has 0 saturated carbocycles. The third kappa shape index (κ3) is 4.04. The molecule has 0 aromatic carbocycles. The van der Waals surface area contributed by atoms with Crippen molar-refractivity contribution in [2.24, 2.45) is 0 Å². The topological polar surface area (TPSA) is 45.2 Å². The van der Waals surface area contributed by atoms with E-state index in [0.717, 1.165) is 10.7 Å². The fourth-order valence-electron chi connectivity index (χ4n) is 1.66. The van der Waals surface area contributed by atoms with Crippen molar-refractivity contribution >= 4 is 28.7 Å². The van der Waals surface area contributed by atoms with Gasteiger partial charge in [0.15, 0.2) is 0 Å². The van der Waals surface area contributed by atoms with Gasteiger partial charge in [-0.25, -0.2) is 9.78 Å². The summed E-state index contributed by atoms with van der Waals surface area (Å²) in [5, 5.41) is 7.88. The molecule has 0 unspecified atom stereocenters. The highest BCUT2D eigenvalue weighted by Crippen LogP contribution is 2.12. The van der Waals surface area contributed by atoms with Crippen LogP contribution in [0.3, 0.4) is 0 Å². The molecular formula is C13H17N3OS2. The Hall–Kier alpha value is -1.40.